The Labute approximate surface area is 206 Å². The maximum absolute atomic E-state index is 10.1. The molecule has 4 aliphatic rings. The van der Waals surface area contributed by atoms with E-state index in [0.29, 0.717) is 12.3 Å². The summed E-state index contributed by atoms with van der Waals surface area (Å²) in [5.41, 5.74) is 0.0212. The first-order valence-electron chi connectivity index (χ1n) is 14.0. The van der Waals surface area contributed by atoms with Gasteiger partial charge in [-0.25, -0.2) is 0 Å². The molecular weight excluding hydrogens is 432 g/mol. The Hall–Kier alpha value is -0.500. The van der Waals surface area contributed by atoms with Crippen molar-refractivity contribution < 1.29 is 28.8 Å². The molecule has 1 N–H and O–H groups in total. The lowest BCUT2D eigenvalue weighted by Crippen LogP contribution is -2.37. The Morgan fingerprint density at radius 3 is 2.41 bits per heavy atom. The molecule has 0 aromatic heterocycles. The van der Waals surface area contributed by atoms with E-state index in [1.54, 1.807) is 0 Å². The summed E-state index contributed by atoms with van der Waals surface area (Å²) in [6, 6.07) is 0. The fourth-order valence-electron chi connectivity index (χ4n) is 6.13. The molecule has 8 atom stereocenters. The molecule has 1 aliphatic carbocycles. The van der Waals surface area contributed by atoms with Crippen LogP contribution in [0.5, 0.6) is 0 Å². The lowest BCUT2D eigenvalue weighted by molar-refractivity contribution is -0.198. The number of hydrogen-bond acceptors (Lipinski definition) is 6. The molecule has 0 aromatic rings. The summed E-state index contributed by atoms with van der Waals surface area (Å²) in [4.78, 5) is 0. The van der Waals surface area contributed by atoms with Crippen LogP contribution >= 0.6 is 0 Å². The van der Waals surface area contributed by atoms with E-state index >= 15 is 0 Å². The summed E-state index contributed by atoms with van der Waals surface area (Å²) < 4.78 is 31.0. The zero-order valence-corrected chi connectivity index (χ0v) is 21.7. The molecule has 34 heavy (non-hydrogen) atoms. The fraction of sp³-hybridized carbons (Fsp3) is 0.929. The van der Waals surface area contributed by atoms with E-state index in [1.165, 1.54) is 19.3 Å². The molecular formula is C28H48O6. The molecule has 4 fully saturated rings. The van der Waals surface area contributed by atoms with Crippen molar-refractivity contribution in [2.75, 3.05) is 13.2 Å². The number of unbranched alkanes of at least 4 members (excludes halogenated alkanes) is 1. The highest BCUT2D eigenvalue weighted by atomic mass is 16.7. The van der Waals surface area contributed by atoms with Gasteiger partial charge in [-0.3, -0.25) is 0 Å². The maximum atomic E-state index is 10.1. The van der Waals surface area contributed by atoms with Crippen LogP contribution in [0.3, 0.4) is 0 Å². The Balaban J connectivity index is 1.50. The van der Waals surface area contributed by atoms with Crippen molar-refractivity contribution in [3.05, 3.63) is 12.2 Å². The molecule has 3 unspecified atom stereocenters. The third-order valence-corrected chi connectivity index (χ3v) is 8.30. The monoisotopic (exact) mass is 480 g/mol. The zero-order valence-electron chi connectivity index (χ0n) is 21.7. The molecule has 3 aliphatic heterocycles. The van der Waals surface area contributed by atoms with Gasteiger partial charge in [-0.15, -0.1) is 0 Å². The Morgan fingerprint density at radius 1 is 1.00 bits per heavy atom. The highest BCUT2D eigenvalue weighted by Gasteiger charge is 2.47. The first kappa shape index (κ1) is 26.6. The topological polar surface area (TPSA) is 66.4 Å². The van der Waals surface area contributed by atoms with Gasteiger partial charge in [0, 0.05) is 25.6 Å². The molecule has 1 saturated carbocycles. The highest BCUT2D eigenvalue weighted by Crippen LogP contribution is 2.45. The molecule has 3 saturated heterocycles. The van der Waals surface area contributed by atoms with E-state index in [-0.39, 0.29) is 42.2 Å². The summed E-state index contributed by atoms with van der Waals surface area (Å²) in [6.07, 6.45) is 16.3. The number of rotatable bonds is 10. The van der Waals surface area contributed by atoms with Crippen molar-refractivity contribution >= 4 is 0 Å². The van der Waals surface area contributed by atoms with Crippen LogP contribution in [0.1, 0.15) is 97.8 Å². The summed E-state index contributed by atoms with van der Waals surface area (Å²) in [7, 11) is 0. The van der Waals surface area contributed by atoms with Crippen LogP contribution in [0, 0.1) is 17.3 Å². The second kappa shape index (κ2) is 12.6. The van der Waals surface area contributed by atoms with Crippen LogP contribution in [-0.2, 0) is 23.7 Å². The van der Waals surface area contributed by atoms with E-state index in [2.05, 4.69) is 32.9 Å². The normalized spacial score (nSPS) is 38.2. The summed E-state index contributed by atoms with van der Waals surface area (Å²) in [6.45, 7) is 8.46. The molecule has 4 rings (SSSR count). The van der Waals surface area contributed by atoms with Crippen LogP contribution in [0.15, 0.2) is 12.2 Å². The second-order valence-corrected chi connectivity index (χ2v) is 11.5. The standard InChI is InChI=1S/C28H48O6/c1-4-5-16-28(2,3)24(34-27-11-7-9-18-31-27)14-12-20-21-13-15-25(29)32-22(21)19-23(20)33-26-10-6-8-17-30-26/h12,14,20-27,29H,4-11,13,15-19H2,1-3H3/t20-,21-,22+,23-,24-,25?,26?,27?/m1/s1. The smallest absolute Gasteiger partial charge is 0.158 e. The van der Waals surface area contributed by atoms with Gasteiger partial charge in [0.25, 0.3) is 0 Å². The van der Waals surface area contributed by atoms with Crippen LogP contribution in [0.25, 0.3) is 0 Å². The predicted molar refractivity (Wildman–Crippen MR) is 131 cm³/mol. The van der Waals surface area contributed by atoms with E-state index in [4.69, 9.17) is 23.7 Å². The number of aliphatic hydroxyl groups is 1. The van der Waals surface area contributed by atoms with Crippen molar-refractivity contribution in [2.45, 2.75) is 135 Å². The molecule has 196 valence electrons. The number of ether oxygens (including phenoxy) is 5. The van der Waals surface area contributed by atoms with Crippen molar-refractivity contribution in [3.63, 3.8) is 0 Å². The molecule has 0 bridgehead atoms. The third-order valence-electron chi connectivity index (χ3n) is 8.30. The lowest BCUT2D eigenvalue weighted by Gasteiger charge is -2.37. The van der Waals surface area contributed by atoms with Crippen LogP contribution in [0.4, 0.5) is 0 Å². The number of fused-ring (bicyclic) bond motifs is 1. The fourth-order valence-corrected chi connectivity index (χ4v) is 6.13. The number of hydrogen-bond donors (Lipinski definition) is 1. The minimum Gasteiger partial charge on any atom is -0.368 e. The molecule has 0 amide bonds. The molecule has 0 spiro atoms. The minimum absolute atomic E-state index is 0.0112. The summed E-state index contributed by atoms with van der Waals surface area (Å²) in [5, 5.41) is 10.1. The molecule has 6 heteroatoms. The van der Waals surface area contributed by atoms with Crippen molar-refractivity contribution in [1.29, 1.82) is 0 Å². The molecule has 0 radical (unpaired) electrons. The SMILES string of the molecule is CCCCC(C)(C)[C@@H](C=C[C@@H]1[C@H]2CCC(O)O[C@H]2C[C@H]1OC1CCCCO1)OC1CCCCO1. The van der Waals surface area contributed by atoms with Crippen LogP contribution in [0.2, 0.25) is 0 Å². The van der Waals surface area contributed by atoms with Crippen molar-refractivity contribution in [3.8, 4) is 0 Å². The summed E-state index contributed by atoms with van der Waals surface area (Å²) in [5.74, 6) is 0.599. The first-order valence-corrected chi connectivity index (χ1v) is 14.0. The van der Waals surface area contributed by atoms with Gasteiger partial charge in [0.15, 0.2) is 18.9 Å². The molecule has 6 nitrogen and oxygen atoms in total. The molecule has 3 heterocycles. The Bertz CT molecular complexity index is 624. The van der Waals surface area contributed by atoms with Crippen molar-refractivity contribution in [1.82, 2.24) is 0 Å². The third kappa shape index (κ3) is 7.04. The van der Waals surface area contributed by atoms with Gasteiger partial charge in [0.05, 0.1) is 18.3 Å². The maximum Gasteiger partial charge on any atom is 0.158 e. The van der Waals surface area contributed by atoms with Crippen LogP contribution < -0.4 is 0 Å². The average molecular weight is 481 g/mol. The predicted octanol–water partition coefficient (Wildman–Crippen LogP) is 5.72. The zero-order chi connectivity index (χ0) is 24.0. The van der Waals surface area contributed by atoms with Gasteiger partial charge in [-0.1, -0.05) is 45.8 Å². The lowest BCUT2D eigenvalue weighted by atomic mass is 9.80. The van der Waals surface area contributed by atoms with Crippen LogP contribution in [-0.4, -0.2) is 55.5 Å². The quantitative estimate of drug-likeness (QED) is 0.404. The Morgan fingerprint density at radius 2 is 1.74 bits per heavy atom. The van der Waals surface area contributed by atoms with E-state index in [9.17, 15) is 5.11 Å². The van der Waals surface area contributed by atoms with E-state index < -0.39 is 6.29 Å². The second-order valence-electron chi connectivity index (χ2n) is 11.5. The average Bonchev–Trinajstić information content (AvgIpc) is 3.17. The van der Waals surface area contributed by atoms with Gasteiger partial charge < -0.3 is 28.8 Å². The van der Waals surface area contributed by atoms with Gasteiger partial charge >= 0.3 is 0 Å². The van der Waals surface area contributed by atoms with Gasteiger partial charge in [-0.2, -0.15) is 0 Å². The van der Waals surface area contributed by atoms with E-state index in [1.807, 2.05) is 0 Å². The van der Waals surface area contributed by atoms with Gasteiger partial charge in [-0.05, 0) is 69.1 Å². The van der Waals surface area contributed by atoms with Gasteiger partial charge in [0.2, 0.25) is 0 Å². The Kier molecular flexibility index (Phi) is 9.88. The first-order chi connectivity index (χ1) is 16.5. The minimum atomic E-state index is -0.650. The van der Waals surface area contributed by atoms with Gasteiger partial charge in [0.1, 0.15) is 0 Å². The molecule has 0 aromatic carbocycles. The van der Waals surface area contributed by atoms with E-state index in [0.717, 1.165) is 64.6 Å². The summed E-state index contributed by atoms with van der Waals surface area (Å²) >= 11 is 0. The highest BCUT2D eigenvalue weighted by molar-refractivity contribution is 5.08. The number of aliphatic hydroxyl groups excluding tert-OH is 1. The van der Waals surface area contributed by atoms with Crippen molar-refractivity contribution in [2.24, 2.45) is 17.3 Å². The largest absolute Gasteiger partial charge is 0.368 e.